The predicted octanol–water partition coefficient (Wildman–Crippen LogP) is 18.3. The summed E-state index contributed by atoms with van der Waals surface area (Å²) in [6.07, 6.45) is 77.6. The average Bonchev–Trinajstić information content (AvgIpc) is 3.34. The Hall–Kier alpha value is -4.45. The van der Waals surface area contributed by atoms with Crippen molar-refractivity contribution >= 4 is 17.9 Å². The fourth-order valence-corrected chi connectivity index (χ4v) is 6.82. The van der Waals surface area contributed by atoms with E-state index in [-0.39, 0.29) is 31.1 Å². The number of carbonyl (C=O) groups excluding carboxylic acids is 3. The van der Waals surface area contributed by atoms with Crippen LogP contribution in [0.4, 0.5) is 0 Å². The number of unbranched alkanes of at least 4 members (excludes halogenated alkanes) is 14. The maximum absolute atomic E-state index is 12.7. The molecule has 382 valence electrons. The zero-order chi connectivity index (χ0) is 49.3. The SMILES string of the molecule is CC/C=C\C/C=C\C/C=C\C/C=C\C/C=C\C/C=C\C/C=C\C/C=C\C/C=C\CCCCCC(=O)OCC(COC(=O)CCCCCCCC)OC(=O)CCCCCCC/C=C\C/C=C\CCC. The third-order valence-electron chi connectivity index (χ3n) is 10.9. The lowest BCUT2D eigenvalue weighted by atomic mass is 10.1. The fraction of sp³-hybridized carbons (Fsp3) is 0.597. The van der Waals surface area contributed by atoms with E-state index in [4.69, 9.17) is 14.2 Å². The topological polar surface area (TPSA) is 78.9 Å². The van der Waals surface area contributed by atoms with Crippen molar-refractivity contribution in [1.82, 2.24) is 0 Å². The summed E-state index contributed by atoms with van der Waals surface area (Å²) < 4.78 is 16.6. The molecule has 0 saturated heterocycles. The molecule has 1 atom stereocenters. The molecule has 6 nitrogen and oxygen atoms in total. The Balaban J connectivity index is 4.23. The quantitative estimate of drug-likeness (QED) is 0.0262. The highest BCUT2D eigenvalue weighted by molar-refractivity contribution is 5.71. The van der Waals surface area contributed by atoms with Crippen molar-refractivity contribution in [2.24, 2.45) is 0 Å². The summed E-state index contributed by atoms with van der Waals surface area (Å²) in [6.45, 7) is 6.33. The first-order valence-electron chi connectivity index (χ1n) is 27.2. The third kappa shape index (κ3) is 52.5. The Morgan fingerprint density at radius 1 is 0.309 bits per heavy atom. The molecular formula is C62H98O6. The molecule has 0 aromatic carbocycles. The van der Waals surface area contributed by atoms with Crippen molar-refractivity contribution < 1.29 is 28.6 Å². The summed E-state index contributed by atoms with van der Waals surface area (Å²) in [4.78, 5) is 37.7. The molecule has 0 radical (unpaired) electrons. The summed E-state index contributed by atoms with van der Waals surface area (Å²) in [5, 5.41) is 0. The number of allylic oxidation sites excluding steroid dienone is 22. The molecule has 0 spiro atoms. The Kier molecular flexibility index (Phi) is 51.5. The molecule has 0 bridgehead atoms. The fourth-order valence-electron chi connectivity index (χ4n) is 6.82. The summed E-state index contributed by atoms with van der Waals surface area (Å²) in [7, 11) is 0. The number of hydrogen-bond acceptors (Lipinski definition) is 6. The Labute approximate surface area is 417 Å². The van der Waals surface area contributed by atoms with Crippen LogP contribution in [0.15, 0.2) is 134 Å². The highest BCUT2D eigenvalue weighted by atomic mass is 16.6. The number of hydrogen-bond donors (Lipinski definition) is 0. The normalized spacial score (nSPS) is 13.2. The minimum atomic E-state index is -0.799. The first-order valence-corrected chi connectivity index (χ1v) is 27.2. The average molecular weight is 939 g/mol. The van der Waals surface area contributed by atoms with Crippen LogP contribution in [0, 0.1) is 0 Å². The number of rotatable bonds is 47. The highest BCUT2D eigenvalue weighted by Crippen LogP contribution is 2.12. The largest absolute Gasteiger partial charge is 0.462 e. The van der Waals surface area contributed by atoms with Gasteiger partial charge in [0, 0.05) is 19.3 Å². The highest BCUT2D eigenvalue weighted by Gasteiger charge is 2.19. The molecule has 0 aromatic rings. The van der Waals surface area contributed by atoms with E-state index < -0.39 is 6.10 Å². The molecule has 0 N–H and O–H groups in total. The lowest BCUT2D eigenvalue weighted by Crippen LogP contribution is -2.30. The van der Waals surface area contributed by atoms with Gasteiger partial charge in [-0.25, -0.2) is 0 Å². The smallest absolute Gasteiger partial charge is 0.306 e. The monoisotopic (exact) mass is 939 g/mol. The number of carbonyl (C=O) groups is 3. The molecule has 0 heterocycles. The van der Waals surface area contributed by atoms with E-state index in [1.165, 1.54) is 25.7 Å². The lowest BCUT2D eigenvalue weighted by Gasteiger charge is -2.18. The van der Waals surface area contributed by atoms with Crippen LogP contribution in [0.3, 0.4) is 0 Å². The first-order chi connectivity index (χ1) is 33.5. The summed E-state index contributed by atoms with van der Waals surface area (Å²) in [6, 6.07) is 0. The van der Waals surface area contributed by atoms with Crippen molar-refractivity contribution in [3.63, 3.8) is 0 Å². The van der Waals surface area contributed by atoms with Crippen LogP contribution in [0.5, 0.6) is 0 Å². The van der Waals surface area contributed by atoms with Gasteiger partial charge in [0.25, 0.3) is 0 Å². The van der Waals surface area contributed by atoms with Gasteiger partial charge in [0.15, 0.2) is 6.10 Å². The predicted molar refractivity (Wildman–Crippen MR) is 292 cm³/mol. The summed E-state index contributed by atoms with van der Waals surface area (Å²) in [5.74, 6) is -0.967. The van der Waals surface area contributed by atoms with Gasteiger partial charge in [0.05, 0.1) is 0 Å². The Morgan fingerprint density at radius 2 is 0.603 bits per heavy atom. The molecule has 0 saturated carbocycles. The second kappa shape index (κ2) is 55.1. The maximum Gasteiger partial charge on any atom is 0.306 e. The van der Waals surface area contributed by atoms with Gasteiger partial charge in [-0.05, 0) is 116 Å². The van der Waals surface area contributed by atoms with Crippen molar-refractivity contribution in [2.45, 2.75) is 226 Å². The Morgan fingerprint density at radius 3 is 0.971 bits per heavy atom. The van der Waals surface area contributed by atoms with Crippen LogP contribution in [0.1, 0.15) is 220 Å². The van der Waals surface area contributed by atoms with Gasteiger partial charge in [-0.2, -0.15) is 0 Å². The van der Waals surface area contributed by atoms with Crippen LogP contribution < -0.4 is 0 Å². The van der Waals surface area contributed by atoms with Gasteiger partial charge in [-0.1, -0.05) is 219 Å². The minimum Gasteiger partial charge on any atom is -0.462 e. The van der Waals surface area contributed by atoms with E-state index in [1.807, 2.05) is 0 Å². The lowest BCUT2D eigenvalue weighted by molar-refractivity contribution is -0.167. The van der Waals surface area contributed by atoms with Gasteiger partial charge in [-0.3, -0.25) is 14.4 Å². The second-order valence-corrected chi connectivity index (χ2v) is 17.4. The second-order valence-electron chi connectivity index (χ2n) is 17.4. The molecule has 0 aliphatic carbocycles. The maximum atomic E-state index is 12.7. The molecule has 0 fully saturated rings. The molecule has 6 heteroatoms. The van der Waals surface area contributed by atoms with Crippen molar-refractivity contribution in [2.75, 3.05) is 13.2 Å². The van der Waals surface area contributed by atoms with E-state index in [9.17, 15) is 14.4 Å². The molecule has 0 aromatic heterocycles. The number of ether oxygens (including phenoxy) is 3. The summed E-state index contributed by atoms with van der Waals surface area (Å²) in [5.41, 5.74) is 0. The van der Waals surface area contributed by atoms with Crippen LogP contribution in [-0.4, -0.2) is 37.2 Å². The van der Waals surface area contributed by atoms with Gasteiger partial charge >= 0.3 is 17.9 Å². The van der Waals surface area contributed by atoms with Crippen molar-refractivity contribution in [1.29, 1.82) is 0 Å². The van der Waals surface area contributed by atoms with Crippen molar-refractivity contribution in [3.8, 4) is 0 Å². The van der Waals surface area contributed by atoms with Crippen LogP contribution in [-0.2, 0) is 28.6 Å². The van der Waals surface area contributed by atoms with E-state index in [0.29, 0.717) is 19.3 Å². The Bertz CT molecular complexity index is 1500. The standard InChI is InChI=1S/C62H98O6/c1-4-7-10-13-16-18-20-22-23-24-25-26-27-28-29-30-31-32-33-34-35-36-37-38-39-41-42-44-46-49-52-55-61(64)67-58-59(57-66-60(63)54-51-48-15-12-9-6-3)68-62(65)56-53-50-47-45-43-40-21-19-17-14-11-8-5-2/h7,10-11,14,16,18-19,21-23,25-26,28-29,31-32,34-35,37-38,41-42,59H,4-6,8-9,12-13,15,17,20,24,27,30,33,36,39-40,43-58H2,1-3H3/b10-7-,14-11-,18-16-,21-19-,23-22-,26-25-,29-28-,32-31-,35-34-,38-37-,42-41-. The molecule has 68 heavy (non-hydrogen) atoms. The van der Waals surface area contributed by atoms with E-state index in [2.05, 4.69) is 154 Å². The zero-order valence-electron chi connectivity index (χ0n) is 43.6. The molecule has 0 aliphatic heterocycles. The molecular weight excluding hydrogens is 841 g/mol. The minimum absolute atomic E-state index is 0.0983. The van der Waals surface area contributed by atoms with Gasteiger partial charge in [-0.15, -0.1) is 0 Å². The molecule has 0 rings (SSSR count). The molecule has 0 aliphatic rings. The van der Waals surface area contributed by atoms with Crippen LogP contribution in [0.2, 0.25) is 0 Å². The molecule has 0 amide bonds. The molecule has 1 unspecified atom stereocenters. The zero-order valence-corrected chi connectivity index (χ0v) is 43.6. The number of esters is 3. The van der Waals surface area contributed by atoms with Gasteiger partial charge < -0.3 is 14.2 Å². The van der Waals surface area contributed by atoms with E-state index in [1.54, 1.807) is 0 Å². The van der Waals surface area contributed by atoms with Crippen molar-refractivity contribution in [3.05, 3.63) is 134 Å². The first kappa shape index (κ1) is 63.5. The van der Waals surface area contributed by atoms with E-state index in [0.717, 1.165) is 154 Å². The van der Waals surface area contributed by atoms with Crippen LogP contribution in [0.25, 0.3) is 0 Å². The van der Waals surface area contributed by atoms with Crippen LogP contribution >= 0.6 is 0 Å². The van der Waals surface area contributed by atoms with Gasteiger partial charge in [0.1, 0.15) is 13.2 Å². The summed E-state index contributed by atoms with van der Waals surface area (Å²) >= 11 is 0. The third-order valence-corrected chi connectivity index (χ3v) is 10.9. The van der Waals surface area contributed by atoms with Gasteiger partial charge in [0.2, 0.25) is 0 Å². The van der Waals surface area contributed by atoms with E-state index >= 15 is 0 Å².